The Hall–Kier alpha value is -2.34. The van der Waals surface area contributed by atoms with Gasteiger partial charge in [-0.1, -0.05) is 24.3 Å². The van der Waals surface area contributed by atoms with Gasteiger partial charge in [-0.05, 0) is 72.9 Å². The van der Waals surface area contributed by atoms with E-state index in [4.69, 9.17) is 0 Å². The fourth-order valence-corrected chi connectivity index (χ4v) is 6.07. The van der Waals surface area contributed by atoms with Crippen LogP contribution in [0.5, 0.6) is 0 Å². The van der Waals surface area contributed by atoms with Crippen LogP contribution in [0.15, 0.2) is 47.4 Å². The molecule has 1 fully saturated rings. The van der Waals surface area contributed by atoms with Crippen LogP contribution in [0.1, 0.15) is 42.4 Å². The van der Waals surface area contributed by atoms with Crippen LogP contribution in [0.4, 0.5) is 5.69 Å². The number of amides is 1. The number of benzene rings is 2. The van der Waals surface area contributed by atoms with Crippen LogP contribution in [0.25, 0.3) is 0 Å². The van der Waals surface area contributed by atoms with Gasteiger partial charge in [0.2, 0.25) is 5.91 Å². The fourth-order valence-electron chi connectivity index (χ4n) is 4.48. The van der Waals surface area contributed by atoms with Gasteiger partial charge in [-0.3, -0.25) is 9.10 Å². The van der Waals surface area contributed by atoms with Gasteiger partial charge in [0, 0.05) is 26.1 Å². The summed E-state index contributed by atoms with van der Waals surface area (Å²) in [7, 11) is -3.63. The third kappa shape index (κ3) is 3.54. The molecular formula is C23H26N2O3S. The minimum absolute atomic E-state index is 0.205. The van der Waals surface area contributed by atoms with Gasteiger partial charge in [0.05, 0.1) is 10.6 Å². The molecule has 1 aliphatic carbocycles. The average molecular weight is 411 g/mol. The molecule has 152 valence electrons. The molecule has 2 heterocycles. The molecule has 0 bridgehead atoms. The zero-order valence-corrected chi connectivity index (χ0v) is 17.3. The van der Waals surface area contributed by atoms with Gasteiger partial charge in [0.1, 0.15) is 0 Å². The van der Waals surface area contributed by atoms with E-state index in [1.165, 1.54) is 0 Å². The molecule has 0 spiro atoms. The van der Waals surface area contributed by atoms with Gasteiger partial charge in [0.15, 0.2) is 0 Å². The fraction of sp³-hybridized carbons (Fsp3) is 0.435. The first-order valence-electron chi connectivity index (χ1n) is 10.5. The number of nitrogens with zero attached hydrogens (tertiary/aromatic N) is 2. The van der Waals surface area contributed by atoms with Crippen LogP contribution < -0.4 is 4.31 Å². The molecule has 0 N–H and O–H groups in total. The summed E-state index contributed by atoms with van der Waals surface area (Å²) < 4.78 is 28.4. The lowest BCUT2D eigenvalue weighted by Crippen LogP contribution is -2.37. The van der Waals surface area contributed by atoms with Crippen molar-refractivity contribution in [3.8, 4) is 0 Å². The van der Waals surface area contributed by atoms with Gasteiger partial charge < -0.3 is 4.90 Å². The van der Waals surface area contributed by atoms with E-state index in [1.54, 1.807) is 16.4 Å². The zero-order chi connectivity index (χ0) is 20.0. The second-order valence-electron chi connectivity index (χ2n) is 8.45. The van der Waals surface area contributed by atoms with Crippen LogP contribution in [-0.2, 0) is 34.2 Å². The van der Waals surface area contributed by atoms with E-state index in [9.17, 15) is 13.2 Å². The second kappa shape index (κ2) is 7.17. The molecule has 2 aromatic carbocycles. The summed E-state index contributed by atoms with van der Waals surface area (Å²) >= 11 is 0. The molecule has 0 unspecified atom stereocenters. The number of hydrogen-bond donors (Lipinski definition) is 0. The van der Waals surface area contributed by atoms with Crippen molar-refractivity contribution in [1.82, 2.24) is 4.90 Å². The number of sulfonamides is 1. The summed E-state index contributed by atoms with van der Waals surface area (Å²) in [6.45, 7) is 1.74. The predicted molar refractivity (Wildman–Crippen MR) is 112 cm³/mol. The van der Waals surface area contributed by atoms with Crippen molar-refractivity contribution in [2.45, 2.75) is 50.0 Å². The Labute approximate surface area is 172 Å². The normalized spacial score (nSPS) is 18.9. The van der Waals surface area contributed by atoms with E-state index in [1.807, 2.05) is 35.2 Å². The third-order valence-electron chi connectivity index (χ3n) is 6.36. The number of carbonyl (C=O) groups excluding carboxylic acids is 1. The van der Waals surface area contributed by atoms with E-state index in [0.717, 1.165) is 61.0 Å². The monoisotopic (exact) mass is 410 g/mol. The van der Waals surface area contributed by atoms with E-state index < -0.39 is 10.0 Å². The molecule has 0 saturated heterocycles. The first kappa shape index (κ1) is 18.7. The van der Waals surface area contributed by atoms with E-state index >= 15 is 0 Å². The number of anilines is 1. The smallest absolute Gasteiger partial charge is 0.264 e. The summed E-state index contributed by atoms with van der Waals surface area (Å²) in [5.41, 5.74) is 3.99. The number of aryl methyl sites for hydroxylation is 1. The van der Waals surface area contributed by atoms with Crippen LogP contribution in [0, 0.1) is 5.92 Å². The van der Waals surface area contributed by atoms with Crippen LogP contribution in [-0.4, -0.2) is 32.3 Å². The van der Waals surface area contributed by atoms with Crippen molar-refractivity contribution in [3.63, 3.8) is 0 Å². The Morgan fingerprint density at radius 2 is 1.79 bits per heavy atom. The third-order valence-corrected chi connectivity index (χ3v) is 8.17. The molecule has 0 atom stereocenters. The lowest BCUT2D eigenvalue weighted by Gasteiger charge is -2.32. The Balaban J connectivity index is 1.43. The predicted octanol–water partition coefficient (Wildman–Crippen LogP) is 3.51. The molecular weight excluding hydrogens is 384 g/mol. The van der Waals surface area contributed by atoms with Gasteiger partial charge in [-0.15, -0.1) is 0 Å². The highest BCUT2D eigenvalue weighted by Crippen LogP contribution is 2.35. The van der Waals surface area contributed by atoms with Crippen molar-refractivity contribution in [2.24, 2.45) is 5.92 Å². The van der Waals surface area contributed by atoms with E-state index in [2.05, 4.69) is 0 Å². The number of rotatable bonds is 4. The highest BCUT2D eigenvalue weighted by atomic mass is 32.2. The van der Waals surface area contributed by atoms with Crippen molar-refractivity contribution < 1.29 is 13.2 Å². The van der Waals surface area contributed by atoms with Crippen LogP contribution >= 0.6 is 0 Å². The van der Waals surface area contributed by atoms with Crippen LogP contribution in [0.3, 0.4) is 0 Å². The van der Waals surface area contributed by atoms with Crippen molar-refractivity contribution in [2.75, 3.05) is 17.4 Å². The maximum Gasteiger partial charge on any atom is 0.264 e. The Morgan fingerprint density at radius 3 is 2.62 bits per heavy atom. The molecule has 5 nitrogen and oxygen atoms in total. The zero-order valence-electron chi connectivity index (χ0n) is 16.5. The van der Waals surface area contributed by atoms with Gasteiger partial charge >= 0.3 is 0 Å². The summed E-state index contributed by atoms with van der Waals surface area (Å²) in [6, 6.07) is 13.2. The Bertz CT molecular complexity index is 1060. The summed E-state index contributed by atoms with van der Waals surface area (Å²) in [6.07, 6.45) is 5.48. The summed E-state index contributed by atoms with van der Waals surface area (Å²) in [5, 5.41) is 0. The van der Waals surface area contributed by atoms with Crippen molar-refractivity contribution in [1.29, 1.82) is 0 Å². The molecule has 1 saturated carbocycles. The Morgan fingerprint density at radius 1 is 0.966 bits per heavy atom. The minimum Gasteiger partial charge on any atom is -0.338 e. The highest BCUT2D eigenvalue weighted by Gasteiger charge is 2.31. The van der Waals surface area contributed by atoms with Crippen molar-refractivity contribution >= 4 is 21.6 Å². The maximum atomic E-state index is 13.5. The number of carbonyl (C=O) groups is 1. The molecule has 2 aliphatic heterocycles. The molecule has 6 heteroatoms. The SMILES string of the molecule is O=C(CC1CC1)N1CCc2ccc(S(=O)(=O)N3CCCc4ccccc43)cc2C1. The lowest BCUT2D eigenvalue weighted by atomic mass is 9.99. The summed E-state index contributed by atoms with van der Waals surface area (Å²) in [5.74, 6) is 0.770. The molecule has 3 aliphatic rings. The molecule has 0 radical (unpaired) electrons. The molecule has 1 amide bonds. The second-order valence-corrected chi connectivity index (χ2v) is 10.3. The molecule has 2 aromatic rings. The molecule has 5 rings (SSSR count). The first-order valence-corrected chi connectivity index (χ1v) is 12.0. The number of para-hydroxylation sites is 1. The molecule has 0 aromatic heterocycles. The largest absolute Gasteiger partial charge is 0.338 e. The van der Waals surface area contributed by atoms with Crippen LogP contribution in [0.2, 0.25) is 0 Å². The minimum atomic E-state index is -3.63. The average Bonchev–Trinajstić information content (AvgIpc) is 3.56. The maximum absolute atomic E-state index is 13.5. The van der Waals surface area contributed by atoms with Crippen molar-refractivity contribution in [3.05, 3.63) is 59.2 Å². The van der Waals surface area contributed by atoms with Gasteiger partial charge in [-0.25, -0.2) is 8.42 Å². The number of hydrogen-bond acceptors (Lipinski definition) is 3. The van der Waals surface area contributed by atoms with Gasteiger partial charge in [-0.2, -0.15) is 0 Å². The van der Waals surface area contributed by atoms with Gasteiger partial charge in [0.25, 0.3) is 10.0 Å². The Kier molecular flexibility index (Phi) is 4.62. The quantitative estimate of drug-likeness (QED) is 0.775. The summed E-state index contributed by atoms with van der Waals surface area (Å²) in [4.78, 5) is 14.7. The number of fused-ring (bicyclic) bond motifs is 2. The lowest BCUT2D eigenvalue weighted by molar-refractivity contribution is -0.132. The standard InChI is InChI=1S/C23H26N2O3S/c26-23(14-17-7-8-17)24-13-11-18-9-10-21(15-20(18)16-24)29(27,28)25-12-3-5-19-4-1-2-6-22(19)25/h1-2,4,6,9-10,15,17H,3,5,7-8,11-14,16H2. The first-order chi connectivity index (χ1) is 14.0. The van der Waals surface area contributed by atoms with E-state index in [0.29, 0.717) is 30.3 Å². The highest BCUT2D eigenvalue weighted by molar-refractivity contribution is 7.92. The van der Waals surface area contributed by atoms with E-state index in [-0.39, 0.29) is 5.91 Å². The topological polar surface area (TPSA) is 57.7 Å². The molecule has 29 heavy (non-hydrogen) atoms.